The van der Waals surface area contributed by atoms with Crippen molar-refractivity contribution in [3.63, 3.8) is 0 Å². The minimum atomic E-state index is -0.403. The van der Waals surface area contributed by atoms with E-state index in [0.29, 0.717) is 11.5 Å². The molecule has 1 heterocycles. The number of nitrogens with two attached hydrogens (primary N) is 1. The molecule has 3 N–H and O–H groups in total. The second-order valence-corrected chi connectivity index (χ2v) is 10.3. The van der Waals surface area contributed by atoms with E-state index in [2.05, 4.69) is 77.4 Å². The number of aryl methyl sites for hydroxylation is 1. The number of carbonyl (C=O) groups excluding carboxylic acids is 1. The first kappa shape index (κ1) is 25.8. The summed E-state index contributed by atoms with van der Waals surface area (Å²) in [5, 5.41) is 0. The Bertz CT molecular complexity index is 1130. The highest BCUT2D eigenvalue weighted by molar-refractivity contribution is 5.96. The molecule has 1 amide bonds. The Labute approximate surface area is 215 Å². The number of amides is 1. The van der Waals surface area contributed by atoms with E-state index in [1.54, 1.807) is 0 Å². The van der Waals surface area contributed by atoms with Crippen LogP contribution in [-0.2, 0) is 6.54 Å². The SMILES string of the molecule is Cc1[nH]c(-c2ccccc2N(Cc2ccc(OCCCN(C)C)cc2)CC2CCCC2)cc1C(N)=O. The van der Waals surface area contributed by atoms with Crippen LogP contribution < -0.4 is 15.4 Å². The van der Waals surface area contributed by atoms with Crippen molar-refractivity contribution in [1.29, 1.82) is 0 Å². The van der Waals surface area contributed by atoms with Gasteiger partial charge in [0.2, 0.25) is 0 Å². The third kappa shape index (κ3) is 6.70. The number of benzene rings is 2. The molecule has 0 bridgehead atoms. The highest BCUT2D eigenvalue weighted by atomic mass is 16.5. The number of para-hydroxylation sites is 1. The Morgan fingerprint density at radius 1 is 1.08 bits per heavy atom. The first-order chi connectivity index (χ1) is 17.4. The van der Waals surface area contributed by atoms with Gasteiger partial charge in [0.1, 0.15) is 5.75 Å². The van der Waals surface area contributed by atoms with Crippen LogP contribution in [0.2, 0.25) is 0 Å². The summed E-state index contributed by atoms with van der Waals surface area (Å²) < 4.78 is 5.94. The molecule has 1 aromatic heterocycles. The molecule has 1 aliphatic carbocycles. The number of nitrogens with one attached hydrogen (secondary N) is 1. The molecule has 6 heteroatoms. The monoisotopic (exact) mass is 488 g/mol. The van der Waals surface area contributed by atoms with Gasteiger partial charge in [-0.3, -0.25) is 4.79 Å². The first-order valence-corrected chi connectivity index (χ1v) is 13.1. The number of aromatic nitrogens is 1. The van der Waals surface area contributed by atoms with Crippen LogP contribution in [0, 0.1) is 12.8 Å². The fourth-order valence-electron chi connectivity index (χ4n) is 5.17. The van der Waals surface area contributed by atoms with Gasteiger partial charge in [-0.2, -0.15) is 0 Å². The Hall–Kier alpha value is -3.25. The molecule has 36 heavy (non-hydrogen) atoms. The number of primary amides is 1. The molecule has 0 atom stereocenters. The van der Waals surface area contributed by atoms with Crippen LogP contribution in [0.3, 0.4) is 0 Å². The molecule has 1 fully saturated rings. The number of hydrogen-bond donors (Lipinski definition) is 2. The molecule has 0 aliphatic heterocycles. The van der Waals surface area contributed by atoms with E-state index in [9.17, 15) is 4.79 Å². The number of H-pyrrole nitrogens is 1. The van der Waals surface area contributed by atoms with Crippen LogP contribution in [-0.4, -0.2) is 49.6 Å². The molecule has 0 radical (unpaired) electrons. The lowest BCUT2D eigenvalue weighted by molar-refractivity contribution is 0.1000. The van der Waals surface area contributed by atoms with E-state index in [1.165, 1.54) is 36.9 Å². The minimum Gasteiger partial charge on any atom is -0.494 e. The summed E-state index contributed by atoms with van der Waals surface area (Å²) in [6, 6.07) is 18.9. The summed E-state index contributed by atoms with van der Waals surface area (Å²) in [5.41, 5.74) is 11.4. The topological polar surface area (TPSA) is 74.6 Å². The molecule has 0 unspecified atom stereocenters. The Kier molecular flexibility index (Phi) is 8.70. The van der Waals surface area contributed by atoms with Gasteiger partial charge < -0.3 is 25.3 Å². The van der Waals surface area contributed by atoms with Crippen LogP contribution in [0.15, 0.2) is 54.6 Å². The zero-order chi connectivity index (χ0) is 25.5. The van der Waals surface area contributed by atoms with Crippen LogP contribution in [0.1, 0.15) is 53.7 Å². The quantitative estimate of drug-likeness (QED) is 0.325. The van der Waals surface area contributed by atoms with Crippen molar-refractivity contribution in [2.75, 3.05) is 38.7 Å². The van der Waals surface area contributed by atoms with Gasteiger partial charge in [-0.15, -0.1) is 0 Å². The maximum Gasteiger partial charge on any atom is 0.250 e. The van der Waals surface area contributed by atoms with Crippen LogP contribution in [0.5, 0.6) is 5.75 Å². The highest BCUT2D eigenvalue weighted by Gasteiger charge is 2.22. The number of rotatable bonds is 12. The second-order valence-electron chi connectivity index (χ2n) is 10.3. The Morgan fingerprint density at radius 3 is 2.47 bits per heavy atom. The summed E-state index contributed by atoms with van der Waals surface area (Å²) in [7, 11) is 4.16. The Morgan fingerprint density at radius 2 is 1.81 bits per heavy atom. The summed E-state index contributed by atoms with van der Waals surface area (Å²) in [6.45, 7) is 5.47. The molecule has 2 aromatic carbocycles. The van der Waals surface area contributed by atoms with E-state index >= 15 is 0 Å². The lowest BCUT2D eigenvalue weighted by Gasteiger charge is -2.30. The van der Waals surface area contributed by atoms with Gasteiger partial charge in [0.05, 0.1) is 12.2 Å². The Balaban J connectivity index is 1.55. The van der Waals surface area contributed by atoms with Crippen molar-refractivity contribution in [1.82, 2.24) is 9.88 Å². The van der Waals surface area contributed by atoms with Gasteiger partial charge in [-0.05, 0) is 76.0 Å². The number of anilines is 1. The molecule has 192 valence electrons. The molecular formula is C30H40N4O2. The number of ether oxygens (including phenoxy) is 1. The molecule has 0 spiro atoms. The maximum absolute atomic E-state index is 11.9. The van der Waals surface area contributed by atoms with Gasteiger partial charge >= 0.3 is 0 Å². The van der Waals surface area contributed by atoms with Crippen molar-refractivity contribution in [2.24, 2.45) is 11.7 Å². The fourth-order valence-corrected chi connectivity index (χ4v) is 5.17. The van der Waals surface area contributed by atoms with Crippen molar-refractivity contribution >= 4 is 11.6 Å². The molecule has 4 rings (SSSR count). The standard InChI is InChI=1S/C30H40N4O2/c1-22-27(30(31)35)19-28(32-22)26-11-6-7-12-29(26)34(20-23-9-4-5-10-23)21-24-13-15-25(16-14-24)36-18-8-17-33(2)3/h6-7,11-16,19,23,32H,4-5,8-10,17-18,20-21H2,1-3H3,(H2,31,35). The lowest BCUT2D eigenvalue weighted by Crippen LogP contribution is -2.28. The number of hydrogen-bond acceptors (Lipinski definition) is 4. The van der Waals surface area contributed by atoms with E-state index in [4.69, 9.17) is 10.5 Å². The van der Waals surface area contributed by atoms with Crippen LogP contribution >= 0.6 is 0 Å². The van der Waals surface area contributed by atoms with Crippen molar-refractivity contribution in [3.05, 3.63) is 71.4 Å². The summed E-state index contributed by atoms with van der Waals surface area (Å²) in [6.07, 6.45) is 6.21. The maximum atomic E-state index is 11.9. The first-order valence-electron chi connectivity index (χ1n) is 13.1. The van der Waals surface area contributed by atoms with Crippen molar-refractivity contribution < 1.29 is 9.53 Å². The van der Waals surface area contributed by atoms with Gasteiger partial charge in [-0.1, -0.05) is 43.2 Å². The van der Waals surface area contributed by atoms with E-state index < -0.39 is 5.91 Å². The fraction of sp³-hybridized carbons (Fsp3) is 0.433. The summed E-state index contributed by atoms with van der Waals surface area (Å²) >= 11 is 0. The molecule has 3 aromatic rings. The van der Waals surface area contributed by atoms with Gasteiger partial charge in [-0.25, -0.2) is 0 Å². The van der Waals surface area contributed by atoms with Crippen LogP contribution in [0.25, 0.3) is 11.3 Å². The van der Waals surface area contributed by atoms with Gasteiger partial charge in [0.25, 0.3) is 5.91 Å². The molecule has 0 saturated heterocycles. The highest BCUT2D eigenvalue weighted by Crippen LogP contribution is 2.35. The lowest BCUT2D eigenvalue weighted by atomic mass is 10.0. The number of aromatic amines is 1. The second kappa shape index (κ2) is 12.1. The van der Waals surface area contributed by atoms with E-state index in [-0.39, 0.29) is 0 Å². The number of nitrogens with zero attached hydrogens (tertiary/aromatic N) is 2. The largest absolute Gasteiger partial charge is 0.494 e. The average molecular weight is 489 g/mol. The molecule has 1 saturated carbocycles. The third-order valence-electron chi connectivity index (χ3n) is 7.08. The van der Waals surface area contributed by atoms with Crippen LogP contribution in [0.4, 0.5) is 5.69 Å². The smallest absolute Gasteiger partial charge is 0.250 e. The zero-order valence-electron chi connectivity index (χ0n) is 21.9. The molecule has 6 nitrogen and oxygen atoms in total. The minimum absolute atomic E-state index is 0.403. The zero-order valence-corrected chi connectivity index (χ0v) is 21.9. The van der Waals surface area contributed by atoms with Gasteiger partial charge in [0, 0.05) is 42.3 Å². The van der Waals surface area contributed by atoms with Crippen molar-refractivity contribution in [3.8, 4) is 17.0 Å². The molecular weight excluding hydrogens is 448 g/mol. The van der Waals surface area contributed by atoms with E-state index in [0.717, 1.165) is 55.4 Å². The normalized spacial score (nSPS) is 13.9. The third-order valence-corrected chi connectivity index (χ3v) is 7.08. The van der Waals surface area contributed by atoms with E-state index in [1.807, 2.05) is 13.0 Å². The molecule has 1 aliphatic rings. The van der Waals surface area contributed by atoms with Gasteiger partial charge in [0.15, 0.2) is 0 Å². The summed E-state index contributed by atoms with van der Waals surface area (Å²) in [5.74, 6) is 1.21. The van der Waals surface area contributed by atoms with Crippen molar-refractivity contribution in [2.45, 2.75) is 45.6 Å². The number of carbonyl (C=O) groups is 1. The predicted molar refractivity (Wildman–Crippen MR) is 148 cm³/mol. The predicted octanol–water partition coefficient (Wildman–Crippen LogP) is 5.62. The average Bonchev–Trinajstić information content (AvgIpc) is 3.52. The summed E-state index contributed by atoms with van der Waals surface area (Å²) in [4.78, 5) is 19.9.